The fourth-order valence-electron chi connectivity index (χ4n) is 2.90. The monoisotopic (exact) mass is 241 g/mol. The number of carbonyl (C=O) groups is 1. The SMILES string of the molecule is O=C(CC1CCCO1)N1CCCCC1CCO. The van der Waals surface area contributed by atoms with Gasteiger partial charge in [-0.25, -0.2) is 0 Å². The molecule has 2 fully saturated rings. The van der Waals surface area contributed by atoms with Crippen LogP contribution < -0.4 is 0 Å². The van der Waals surface area contributed by atoms with Crippen molar-refractivity contribution in [1.82, 2.24) is 4.90 Å². The second kappa shape index (κ2) is 6.36. The molecule has 0 aliphatic carbocycles. The zero-order valence-corrected chi connectivity index (χ0v) is 10.4. The van der Waals surface area contributed by atoms with E-state index in [2.05, 4.69) is 0 Å². The summed E-state index contributed by atoms with van der Waals surface area (Å²) in [6.45, 7) is 1.84. The van der Waals surface area contributed by atoms with Crippen LogP contribution in [0.5, 0.6) is 0 Å². The lowest BCUT2D eigenvalue weighted by Crippen LogP contribution is -2.45. The molecule has 0 radical (unpaired) electrons. The number of nitrogens with zero attached hydrogens (tertiary/aromatic N) is 1. The summed E-state index contributed by atoms with van der Waals surface area (Å²) in [5, 5.41) is 9.04. The van der Waals surface area contributed by atoms with Crippen molar-refractivity contribution < 1.29 is 14.6 Å². The van der Waals surface area contributed by atoms with E-state index in [1.807, 2.05) is 4.90 Å². The number of ether oxygens (including phenoxy) is 1. The highest BCUT2D eigenvalue weighted by Gasteiger charge is 2.28. The van der Waals surface area contributed by atoms with Crippen LogP contribution >= 0.6 is 0 Å². The maximum absolute atomic E-state index is 12.2. The molecule has 98 valence electrons. The van der Waals surface area contributed by atoms with Crippen LogP contribution in [0.4, 0.5) is 0 Å². The minimum Gasteiger partial charge on any atom is -0.396 e. The maximum atomic E-state index is 12.2. The van der Waals surface area contributed by atoms with Gasteiger partial charge in [0.1, 0.15) is 0 Å². The van der Waals surface area contributed by atoms with E-state index in [1.54, 1.807) is 0 Å². The van der Waals surface area contributed by atoms with E-state index >= 15 is 0 Å². The van der Waals surface area contributed by atoms with Crippen molar-refractivity contribution >= 4 is 5.91 Å². The molecule has 4 heteroatoms. The van der Waals surface area contributed by atoms with Gasteiger partial charge in [0, 0.05) is 25.8 Å². The molecule has 0 bridgehead atoms. The van der Waals surface area contributed by atoms with E-state index in [0.29, 0.717) is 6.42 Å². The lowest BCUT2D eigenvalue weighted by Gasteiger charge is -2.36. The maximum Gasteiger partial charge on any atom is 0.225 e. The van der Waals surface area contributed by atoms with Crippen LogP contribution in [0.1, 0.15) is 44.9 Å². The molecule has 17 heavy (non-hydrogen) atoms. The Balaban J connectivity index is 1.86. The van der Waals surface area contributed by atoms with Crippen LogP contribution in [0.2, 0.25) is 0 Å². The first-order valence-electron chi connectivity index (χ1n) is 6.83. The topological polar surface area (TPSA) is 49.8 Å². The molecule has 2 heterocycles. The molecule has 1 amide bonds. The molecular formula is C13H23NO3. The molecular weight excluding hydrogens is 218 g/mol. The summed E-state index contributed by atoms with van der Waals surface area (Å²) in [6.07, 6.45) is 6.80. The highest BCUT2D eigenvalue weighted by molar-refractivity contribution is 5.77. The first-order chi connectivity index (χ1) is 8.31. The summed E-state index contributed by atoms with van der Waals surface area (Å²) < 4.78 is 5.51. The van der Waals surface area contributed by atoms with E-state index in [1.165, 1.54) is 6.42 Å². The fourth-order valence-corrected chi connectivity index (χ4v) is 2.90. The third kappa shape index (κ3) is 3.42. The second-order valence-corrected chi connectivity index (χ2v) is 5.09. The Hall–Kier alpha value is -0.610. The van der Waals surface area contributed by atoms with Crippen molar-refractivity contribution in [3.8, 4) is 0 Å². The van der Waals surface area contributed by atoms with Gasteiger partial charge >= 0.3 is 0 Å². The van der Waals surface area contributed by atoms with Gasteiger partial charge in [0.05, 0.1) is 12.5 Å². The Morgan fingerprint density at radius 1 is 1.29 bits per heavy atom. The lowest BCUT2D eigenvalue weighted by molar-refractivity contribution is -0.137. The van der Waals surface area contributed by atoms with Crippen molar-refractivity contribution in [3.63, 3.8) is 0 Å². The van der Waals surface area contributed by atoms with Crippen molar-refractivity contribution in [1.29, 1.82) is 0 Å². The predicted octanol–water partition coefficient (Wildman–Crippen LogP) is 1.32. The molecule has 0 aromatic heterocycles. The van der Waals surface area contributed by atoms with E-state index in [4.69, 9.17) is 9.84 Å². The molecule has 1 N–H and O–H groups in total. The zero-order valence-electron chi connectivity index (χ0n) is 10.4. The summed E-state index contributed by atoms with van der Waals surface area (Å²) >= 11 is 0. The Kier molecular flexibility index (Phi) is 4.80. The van der Waals surface area contributed by atoms with Crippen LogP contribution in [-0.4, -0.2) is 47.8 Å². The fraction of sp³-hybridized carbons (Fsp3) is 0.923. The number of hydrogen-bond acceptors (Lipinski definition) is 3. The van der Waals surface area contributed by atoms with Crippen LogP contribution in [0.25, 0.3) is 0 Å². The molecule has 0 saturated carbocycles. The average Bonchev–Trinajstić information content (AvgIpc) is 2.83. The lowest BCUT2D eigenvalue weighted by atomic mass is 9.98. The van der Waals surface area contributed by atoms with Crippen LogP contribution in [0.15, 0.2) is 0 Å². The number of aliphatic hydroxyl groups excluding tert-OH is 1. The van der Waals surface area contributed by atoms with Crippen molar-refractivity contribution in [3.05, 3.63) is 0 Å². The van der Waals surface area contributed by atoms with Crippen LogP contribution in [0.3, 0.4) is 0 Å². The summed E-state index contributed by atoms with van der Waals surface area (Å²) in [6, 6.07) is 0.252. The first-order valence-corrected chi connectivity index (χ1v) is 6.83. The third-order valence-electron chi connectivity index (χ3n) is 3.84. The van der Waals surface area contributed by atoms with Gasteiger partial charge in [-0.2, -0.15) is 0 Å². The number of likely N-dealkylation sites (tertiary alicyclic amines) is 1. The van der Waals surface area contributed by atoms with E-state index < -0.39 is 0 Å². The number of amides is 1. The summed E-state index contributed by atoms with van der Waals surface area (Å²) in [4.78, 5) is 14.2. The first kappa shape index (κ1) is 12.8. The van der Waals surface area contributed by atoms with Gasteiger partial charge in [0.25, 0.3) is 0 Å². The van der Waals surface area contributed by atoms with Gasteiger partial charge in [0.2, 0.25) is 5.91 Å². The molecule has 2 unspecified atom stereocenters. The predicted molar refractivity (Wildman–Crippen MR) is 64.6 cm³/mol. The van der Waals surface area contributed by atoms with Gasteiger partial charge in [-0.1, -0.05) is 0 Å². The highest BCUT2D eigenvalue weighted by Crippen LogP contribution is 2.23. The second-order valence-electron chi connectivity index (χ2n) is 5.09. The van der Waals surface area contributed by atoms with Crippen molar-refractivity contribution in [2.75, 3.05) is 19.8 Å². The van der Waals surface area contributed by atoms with Gasteiger partial charge in [-0.15, -0.1) is 0 Å². The molecule has 2 aliphatic heterocycles. The normalized spacial score (nSPS) is 29.6. The molecule has 2 atom stereocenters. The Morgan fingerprint density at radius 3 is 2.88 bits per heavy atom. The Labute approximate surface area is 103 Å². The molecule has 0 aromatic rings. The minimum absolute atomic E-state index is 0.138. The van der Waals surface area contributed by atoms with E-state index in [9.17, 15) is 4.79 Å². The van der Waals surface area contributed by atoms with Gasteiger partial charge in [-0.3, -0.25) is 4.79 Å². The minimum atomic E-state index is 0.138. The zero-order chi connectivity index (χ0) is 12.1. The molecule has 2 rings (SSSR count). The number of hydrogen-bond donors (Lipinski definition) is 1. The standard InChI is InChI=1S/C13H23NO3/c15-8-6-11-4-1-2-7-14(11)13(16)10-12-5-3-9-17-12/h11-12,15H,1-10H2. The quantitative estimate of drug-likeness (QED) is 0.807. The number of piperidine rings is 1. The number of carbonyl (C=O) groups excluding carboxylic acids is 1. The Bertz CT molecular complexity index is 249. The van der Waals surface area contributed by atoms with Gasteiger partial charge in [-0.05, 0) is 38.5 Å². The summed E-state index contributed by atoms with van der Waals surface area (Å²) in [7, 11) is 0. The number of rotatable bonds is 4. The van der Waals surface area contributed by atoms with E-state index in [0.717, 1.165) is 45.3 Å². The summed E-state index contributed by atoms with van der Waals surface area (Å²) in [5.74, 6) is 0.218. The van der Waals surface area contributed by atoms with Crippen LogP contribution in [-0.2, 0) is 9.53 Å². The molecule has 2 aliphatic rings. The molecule has 0 aromatic carbocycles. The van der Waals surface area contributed by atoms with Crippen molar-refractivity contribution in [2.45, 2.75) is 57.1 Å². The Morgan fingerprint density at radius 2 is 2.18 bits per heavy atom. The summed E-state index contributed by atoms with van der Waals surface area (Å²) in [5.41, 5.74) is 0. The smallest absolute Gasteiger partial charge is 0.225 e. The third-order valence-corrected chi connectivity index (χ3v) is 3.84. The van der Waals surface area contributed by atoms with Gasteiger partial charge < -0.3 is 14.7 Å². The van der Waals surface area contributed by atoms with E-state index in [-0.39, 0.29) is 24.7 Å². The number of aliphatic hydroxyl groups is 1. The molecule has 2 saturated heterocycles. The molecule has 0 spiro atoms. The average molecular weight is 241 g/mol. The highest BCUT2D eigenvalue weighted by atomic mass is 16.5. The molecule has 4 nitrogen and oxygen atoms in total. The van der Waals surface area contributed by atoms with Gasteiger partial charge in [0.15, 0.2) is 0 Å². The van der Waals surface area contributed by atoms with Crippen molar-refractivity contribution in [2.24, 2.45) is 0 Å². The van der Waals surface area contributed by atoms with Crippen LogP contribution in [0, 0.1) is 0 Å². The largest absolute Gasteiger partial charge is 0.396 e.